The van der Waals surface area contributed by atoms with E-state index in [-0.39, 0.29) is 30.9 Å². The molecule has 4 amide bonds. The van der Waals surface area contributed by atoms with Crippen LogP contribution in [0.3, 0.4) is 0 Å². The minimum Gasteiger partial charge on any atom is -0.480 e. The Morgan fingerprint density at radius 3 is 1.95 bits per heavy atom. The minimum absolute atomic E-state index is 0.0713. The predicted octanol–water partition coefficient (Wildman–Crippen LogP) is -1.43. The first kappa shape index (κ1) is 30.5. The average molecular weight is 598 g/mol. The first-order chi connectivity index (χ1) is 20.6. The van der Waals surface area contributed by atoms with Gasteiger partial charge in [0.05, 0.1) is 11.3 Å². The van der Waals surface area contributed by atoms with E-state index in [0.717, 1.165) is 17.0 Å². The second-order valence-electron chi connectivity index (χ2n) is 9.42. The Bertz CT molecular complexity index is 1420. The van der Waals surface area contributed by atoms with Crippen molar-refractivity contribution >= 4 is 41.3 Å². The molecule has 3 atom stereocenters. The zero-order chi connectivity index (χ0) is 31.1. The number of carbonyl (C=O) groups excluding carboxylic acids is 5. The molecule has 0 spiro atoms. The molecule has 0 aromatic heterocycles. The lowest BCUT2D eigenvalue weighted by molar-refractivity contribution is -0.384. The van der Waals surface area contributed by atoms with Gasteiger partial charge < -0.3 is 25.1 Å². The number of nitrogens with one attached hydrogen (secondary N) is 4. The van der Waals surface area contributed by atoms with Gasteiger partial charge in [0.2, 0.25) is 0 Å². The molecule has 226 valence electrons. The zero-order valence-corrected chi connectivity index (χ0v) is 22.4. The standard InChI is InChI=1S/C26H27N7O10/c34-19(43-30-23(36)21-28-11-13-32(21)24(37)15-4-2-1-3-5-15)14-18(26(39)40)29-22(35)20-27-10-12-31(20)25(38)16-6-8-17(9-7-16)33(41)42/h1-9,18,20-21,27-28H,10-14H2,(H,29,35)(H,30,36)(H,39,40). The van der Waals surface area contributed by atoms with Crippen LogP contribution in [0.15, 0.2) is 54.6 Å². The SMILES string of the molecule is O=C(CC(NC(=O)C1NCCN1C(=O)c1ccc([N+](=O)[O-])cc1)C(=O)O)ONC(=O)C1NCCN1C(=O)c1ccccc1. The highest BCUT2D eigenvalue weighted by Gasteiger charge is 2.38. The van der Waals surface area contributed by atoms with Crippen molar-refractivity contribution in [2.45, 2.75) is 24.8 Å². The maximum Gasteiger partial charge on any atom is 0.334 e. The Morgan fingerprint density at radius 2 is 1.42 bits per heavy atom. The lowest BCUT2D eigenvalue weighted by Gasteiger charge is -2.25. The van der Waals surface area contributed by atoms with Crippen molar-refractivity contribution in [2.75, 3.05) is 26.2 Å². The summed E-state index contributed by atoms with van der Waals surface area (Å²) in [6.45, 7) is 0.794. The third-order valence-corrected chi connectivity index (χ3v) is 6.62. The summed E-state index contributed by atoms with van der Waals surface area (Å²) in [5, 5.41) is 28.2. The largest absolute Gasteiger partial charge is 0.480 e. The number of hydroxylamine groups is 1. The number of nitro benzene ring substituents is 1. The number of hydrogen-bond donors (Lipinski definition) is 5. The fraction of sp³-hybridized carbons (Fsp3) is 0.308. The highest BCUT2D eigenvalue weighted by Crippen LogP contribution is 2.16. The van der Waals surface area contributed by atoms with E-state index in [1.54, 1.807) is 30.3 Å². The molecule has 2 heterocycles. The number of nitrogens with zero attached hydrogens (tertiary/aromatic N) is 3. The Morgan fingerprint density at radius 1 is 0.884 bits per heavy atom. The Hall–Kier alpha value is -5.42. The van der Waals surface area contributed by atoms with E-state index in [1.165, 1.54) is 17.0 Å². The van der Waals surface area contributed by atoms with Crippen LogP contribution in [0.25, 0.3) is 0 Å². The van der Waals surface area contributed by atoms with Crippen molar-refractivity contribution < 1.29 is 43.6 Å². The summed E-state index contributed by atoms with van der Waals surface area (Å²) in [6.07, 6.45) is -3.32. The van der Waals surface area contributed by atoms with Crippen LogP contribution in [0, 0.1) is 10.1 Å². The highest BCUT2D eigenvalue weighted by atomic mass is 16.7. The van der Waals surface area contributed by atoms with Gasteiger partial charge in [-0.3, -0.25) is 39.9 Å². The number of carbonyl (C=O) groups is 6. The smallest absolute Gasteiger partial charge is 0.334 e. The van der Waals surface area contributed by atoms with Crippen molar-refractivity contribution in [3.05, 3.63) is 75.8 Å². The molecule has 2 aromatic carbocycles. The van der Waals surface area contributed by atoms with E-state index in [0.29, 0.717) is 12.1 Å². The van der Waals surface area contributed by atoms with Gasteiger partial charge in [-0.1, -0.05) is 18.2 Å². The number of rotatable bonds is 9. The molecular weight excluding hydrogens is 570 g/mol. The van der Waals surface area contributed by atoms with E-state index in [1.807, 2.05) is 5.48 Å². The fourth-order valence-corrected chi connectivity index (χ4v) is 4.49. The Labute approximate surface area is 243 Å². The molecule has 0 bridgehead atoms. The Kier molecular flexibility index (Phi) is 9.58. The Balaban J connectivity index is 1.31. The summed E-state index contributed by atoms with van der Waals surface area (Å²) >= 11 is 0. The van der Waals surface area contributed by atoms with Crippen molar-refractivity contribution in [1.29, 1.82) is 0 Å². The molecule has 2 saturated heterocycles. The van der Waals surface area contributed by atoms with Gasteiger partial charge in [0, 0.05) is 49.4 Å². The molecule has 17 heteroatoms. The monoisotopic (exact) mass is 597 g/mol. The number of hydrogen-bond acceptors (Lipinski definition) is 11. The maximum absolute atomic E-state index is 12.9. The third-order valence-electron chi connectivity index (χ3n) is 6.62. The molecule has 2 aromatic rings. The van der Waals surface area contributed by atoms with Crippen LogP contribution in [0.1, 0.15) is 27.1 Å². The lowest BCUT2D eigenvalue weighted by Crippen LogP contribution is -2.55. The maximum atomic E-state index is 12.9. The molecule has 3 unspecified atom stereocenters. The molecule has 0 saturated carbocycles. The molecule has 2 aliphatic rings. The minimum atomic E-state index is -1.78. The van der Waals surface area contributed by atoms with Crippen LogP contribution in [0.2, 0.25) is 0 Å². The van der Waals surface area contributed by atoms with Crippen LogP contribution in [-0.2, 0) is 24.0 Å². The topological polar surface area (TPSA) is 230 Å². The molecular formula is C26H27N7O10. The van der Waals surface area contributed by atoms with Crippen LogP contribution in [-0.4, -0.2) is 99.9 Å². The van der Waals surface area contributed by atoms with Gasteiger partial charge in [0.25, 0.3) is 29.3 Å². The van der Waals surface area contributed by atoms with Gasteiger partial charge in [-0.15, -0.1) is 0 Å². The average Bonchev–Trinajstić information content (AvgIpc) is 3.70. The van der Waals surface area contributed by atoms with Crippen molar-refractivity contribution in [1.82, 2.24) is 31.2 Å². The van der Waals surface area contributed by atoms with E-state index < -0.39 is 65.3 Å². The number of carboxylic acids is 1. The quantitative estimate of drug-likeness (QED) is 0.166. The van der Waals surface area contributed by atoms with Gasteiger partial charge in [0.15, 0.2) is 12.3 Å². The molecule has 2 aliphatic heterocycles. The fourth-order valence-electron chi connectivity index (χ4n) is 4.49. The van der Waals surface area contributed by atoms with Crippen molar-refractivity contribution in [3.63, 3.8) is 0 Å². The molecule has 17 nitrogen and oxygen atoms in total. The molecule has 2 fully saturated rings. The van der Waals surface area contributed by atoms with E-state index in [4.69, 9.17) is 4.84 Å². The van der Waals surface area contributed by atoms with Crippen molar-refractivity contribution in [2.24, 2.45) is 0 Å². The summed E-state index contributed by atoms with van der Waals surface area (Å²) in [4.78, 5) is 92.7. The van der Waals surface area contributed by atoms with Crippen molar-refractivity contribution in [3.8, 4) is 0 Å². The molecule has 43 heavy (non-hydrogen) atoms. The summed E-state index contributed by atoms with van der Waals surface area (Å²) in [7, 11) is 0. The number of carboxylic acid groups (broad SMARTS) is 1. The van der Waals surface area contributed by atoms with Gasteiger partial charge in [-0.2, -0.15) is 5.48 Å². The number of aliphatic carboxylic acids is 1. The summed E-state index contributed by atoms with van der Waals surface area (Å²) in [5.41, 5.74) is 2.10. The number of non-ortho nitro benzene ring substituents is 1. The first-order valence-corrected chi connectivity index (χ1v) is 13.0. The second-order valence-corrected chi connectivity index (χ2v) is 9.42. The van der Waals surface area contributed by atoms with Crippen LogP contribution in [0.4, 0.5) is 5.69 Å². The van der Waals surface area contributed by atoms with Crippen LogP contribution in [0.5, 0.6) is 0 Å². The zero-order valence-electron chi connectivity index (χ0n) is 22.4. The van der Waals surface area contributed by atoms with Gasteiger partial charge >= 0.3 is 11.9 Å². The van der Waals surface area contributed by atoms with Gasteiger partial charge in [-0.25, -0.2) is 9.59 Å². The highest BCUT2D eigenvalue weighted by molar-refractivity contribution is 5.99. The van der Waals surface area contributed by atoms with Gasteiger partial charge in [-0.05, 0) is 24.3 Å². The predicted molar refractivity (Wildman–Crippen MR) is 144 cm³/mol. The van der Waals surface area contributed by atoms with Crippen LogP contribution >= 0.6 is 0 Å². The normalized spacial score (nSPS) is 18.4. The summed E-state index contributed by atoms with van der Waals surface area (Å²) in [5.74, 6) is -5.64. The number of nitro groups is 1. The van der Waals surface area contributed by atoms with Gasteiger partial charge in [0.1, 0.15) is 6.04 Å². The molecule has 4 rings (SSSR count). The van der Waals surface area contributed by atoms with E-state index in [9.17, 15) is 44.0 Å². The molecule has 5 N–H and O–H groups in total. The summed E-state index contributed by atoms with van der Waals surface area (Å²) < 4.78 is 0. The molecule has 0 aliphatic carbocycles. The van der Waals surface area contributed by atoms with E-state index in [2.05, 4.69) is 16.0 Å². The number of benzene rings is 2. The second kappa shape index (κ2) is 13.5. The van der Waals surface area contributed by atoms with Crippen LogP contribution < -0.4 is 21.4 Å². The van der Waals surface area contributed by atoms with E-state index >= 15 is 0 Å². The first-order valence-electron chi connectivity index (χ1n) is 13.0. The third kappa shape index (κ3) is 7.27. The lowest BCUT2D eigenvalue weighted by atomic mass is 10.1. The number of amides is 4. The molecule has 0 radical (unpaired) electrons. The summed E-state index contributed by atoms with van der Waals surface area (Å²) in [6, 6.07) is 11.2.